The van der Waals surface area contributed by atoms with Gasteiger partial charge in [-0.05, 0) is 19.8 Å². The number of carbonyl (C=O) groups excluding carboxylic acids is 4. The number of amides is 3. The van der Waals surface area contributed by atoms with Gasteiger partial charge in [-0.1, -0.05) is 18.6 Å². The third-order valence-corrected chi connectivity index (χ3v) is 3.17. The second-order valence-electron chi connectivity index (χ2n) is 5.00. The third kappa shape index (κ3) is 5.33. The standard InChI is InChI=1S/C15H20N2O4/c1-11(2)12(10-18)16-13(19)6-4-3-5-9-17-14(20)7-8-15(17)21/h7-8,10,12H,1,3-6,9H2,2H3,(H,16,19)/t12-/m1/s1. The molecule has 0 aliphatic carbocycles. The van der Waals surface area contributed by atoms with Crippen LogP contribution in [0.3, 0.4) is 0 Å². The lowest BCUT2D eigenvalue weighted by Crippen LogP contribution is -2.36. The molecule has 0 spiro atoms. The van der Waals surface area contributed by atoms with Crippen molar-refractivity contribution in [2.24, 2.45) is 0 Å². The second-order valence-corrected chi connectivity index (χ2v) is 5.00. The van der Waals surface area contributed by atoms with E-state index in [0.29, 0.717) is 37.7 Å². The van der Waals surface area contributed by atoms with Crippen LogP contribution < -0.4 is 5.32 Å². The van der Waals surface area contributed by atoms with Gasteiger partial charge in [-0.25, -0.2) is 0 Å². The van der Waals surface area contributed by atoms with Gasteiger partial charge in [-0.3, -0.25) is 19.3 Å². The molecule has 0 saturated carbocycles. The van der Waals surface area contributed by atoms with Gasteiger partial charge in [-0.2, -0.15) is 0 Å². The van der Waals surface area contributed by atoms with Crippen molar-refractivity contribution in [2.75, 3.05) is 6.54 Å². The molecule has 0 saturated heterocycles. The monoisotopic (exact) mass is 292 g/mol. The molecule has 0 aromatic carbocycles. The highest BCUT2D eigenvalue weighted by Gasteiger charge is 2.22. The molecule has 1 N–H and O–H groups in total. The van der Waals surface area contributed by atoms with Gasteiger partial charge in [0.15, 0.2) is 0 Å². The number of hydrogen-bond acceptors (Lipinski definition) is 4. The first-order valence-electron chi connectivity index (χ1n) is 6.89. The van der Waals surface area contributed by atoms with Crippen molar-refractivity contribution in [2.45, 2.75) is 38.6 Å². The van der Waals surface area contributed by atoms with E-state index in [2.05, 4.69) is 11.9 Å². The van der Waals surface area contributed by atoms with E-state index < -0.39 is 6.04 Å². The predicted molar refractivity (Wildman–Crippen MR) is 77.1 cm³/mol. The topological polar surface area (TPSA) is 83.6 Å². The molecule has 114 valence electrons. The largest absolute Gasteiger partial charge is 0.343 e. The van der Waals surface area contributed by atoms with Crippen molar-refractivity contribution in [1.82, 2.24) is 10.2 Å². The Morgan fingerprint density at radius 1 is 1.29 bits per heavy atom. The predicted octanol–water partition coefficient (Wildman–Crippen LogP) is 0.732. The Balaban J connectivity index is 2.15. The molecule has 0 aromatic heterocycles. The molecule has 6 nitrogen and oxygen atoms in total. The summed E-state index contributed by atoms with van der Waals surface area (Å²) in [5.41, 5.74) is 0.594. The van der Waals surface area contributed by atoms with E-state index in [1.807, 2.05) is 0 Å². The van der Waals surface area contributed by atoms with Crippen LogP contribution in [0.2, 0.25) is 0 Å². The first-order chi connectivity index (χ1) is 9.95. The van der Waals surface area contributed by atoms with Crippen molar-refractivity contribution < 1.29 is 19.2 Å². The maximum Gasteiger partial charge on any atom is 0.253 e. The molecule has 3 amide bonds. The van der Waals surface area contributed by atoms with Crippen molar-refractivity contribution in [3.05, 3.63) is 24.3 Å². The molecule has 0 radical (unpaired) electrons. The van der Waals surface area contributed by atoms with Gasteiger partial charge in [0.2, 0.25) is 5.91 Å². The highest BCUT2D eigenvalue weighted by atomic mass is 16.2. The number of nitrogens with zero attached hydrogens (tertiary/aromatic N) is 1. The fourth-order valence-corrected chi connectivity index (χ4v) is 1.90. The van der Waals surface area contributed by atoms with E-state index >= 15 is 0 Å². The number of carbonyl (C=O) groups is 4. The minimum Gasteiger partial charge on any atom is -0.343 e. The number of aldehydes is 1. The summed E-state index contributed by atoms with van der Waals surface area (Å²) >= 11 is 0. The van der Waals surface area contributed by atoms with Crippen LogP contribution in [0, 0.1) is 0 Å². The van der Waals surface area contributed by atoms with Gasteiger partial charge in [0, 0.05) is 25.1 Å². The Morgan fingerprint density at radius 2 is 1.90 bits per heavy atom. The summed E-state index contributed by atoms with van der Waals surface area (Å²) in [5, 5.41) is 2.58. The summed E-state index contributed by atoms with van der Waals surface area (Å²) in [7, 11) is 0. The zero-order valence-corrected chi connectivity index (χ0v) is 12.1. The quantitative estimate of drug-likeness (QED) is 0.294. The van der Waals surface area contributed by atoms with Gasteiger partial charge >= 0.3 is 0 Å². The SMILES string of the molecule is C=C(C)[C@@H](C=O)NC(=O)CCCCCN1C(=O)C=CC1=O. The molecule has 0 fully saturated rings. The van der Waals surface area contributed by atoms with E-state index in [-0.39, 0.29) is 17.7 Å². The molecule has 6 heteroatoms. The molecule has 1 aliphatic heterocycles. The van der Waals surface area contributed by atoms with Crippen LogP contribution >= 0.6 is 0 Å². The summed E-state index contributed by atoms with van der Waals surface area (Å²) < 4.78 is 0. The summed E-state index contributed by atoms with van der Waals surface area (Å²) in [4.78, 5) is 46.1. The van der Waals surface area contributed by atoms with Gasteiger partial charge in [0.1, 0.15) is 12.3 Å². The molecule has 1 rings (SSSR count). The summed E-state index contributed by atoms with van der Waals surface area (Å²) in [5.74, 6) is -0.772. The van der Waals surface area contributed by atoms with Crippen LogP contribution in [-0.4, -0.2) is 41.5 Å². The van der Waals surface area contributed by atoms with Crippen LogP contribution in [0.25, 0.3) is 0 Å². The Labute approximate surface area is 123 Å². The van der Waals surface area contributed by atoms with Crippen LogP contribution in [0.1, 0.15) is 32.6 Å². The van der Waals surface area contributed by atoms with Gasteiger partial charge in [0.25, 0.3) is 11.8 Å². The molecular weight excluding hydrogens is 272 g/mol. The van der Waals surface area contributed by atoms with Crippen molar-refractivity contribution >= 4 is 24.0 Å². The minimum atomic E-state index is -0.636. The zero-order chi connectivity index (χ0) is 15.8. The Morgan fingerprint density at radius 3 is 2.43 bits per heavy atom. The summed E-state index contributed by atoms with van der Waals surface area (Å²) in [6.07, 6.45) is 5.49. The van der Waals surface area contributed by atoms with Gasteiger partial charge < -0.3 is 10.1 Å². The highest BCUT2D eigenvalue weighted by molar-refractivity contribution is 6.12. The van der Waals surface area contributed by atoms with Gasteiger partial charge in [-0.15, -0.1) is 0 Å². The molecule has 0 unspecified atom stereocenters. The van der Waals surface area contributed by atoms with Gasteiger partial charge in [0.05, 0.1) is 0 Å². The lowest BCUT2D eigenvalue weighted by atomic mass is 10.1. The average molecular weight is 292 g/mol. The van der Waals surface area contributed by atoms with E-state index in [9.17, 15) is 19.2 Å². The second kappa shape index (κ2) is 8.14. The van der Waals surface area contributed by atoms with Crippen molar-refractivity contribution in [3.63, 3.8) is 0 Å². The fraction of sp³-hybridized carbons (Fsp3) is 0.467. The first kappa shape index (κ1) is 16.8. The maximum absolute atomic E-state index is 11.6. The molecule has 1 heterocycles. The number of hydrogen-bond donors (Lipinski definition) is 1. The van der Waals surface area contributed by atoms with E-state index in [1.165, 1.54) is 17.1 Å². The zero-order valence-electron chi connectivity index (χ0n) is 12.1. The van der Waals surface area contributed by atoms with Crippen LogP contribution in [0.15, 0.2) is 24.3 Å². The average Bonchev–Trinajstić information content (AvgIpc) is 2.75. The number of unbranched alkanes of at least 4 members (excludes halogenated alkanes) is 2. The number of imide groups is 1. The number of nitrogens with one attached hydrogen (secondary N) is 1. The van der Waals surface area contributed by atoms with E-state index in [1.54, 1.807) is 6.92 Å². The van der Waals surface area contributed by atoms with E-state index in [4.69, 9.17) is 0 Å². The minimum absolute atomic E-state index is 0.204. The van der Waals surface area contributed by atoms with Crippen molar-refractivity contribution in [3.8, 4) is 0 Å². The number of rotatable bonds is 9. The Bertz CT molecular complexity index is 464. The fourth-order valence-electron chi connectivity index (χ4n) is 1.90. The maximum atomic E-state index is 11.6. The molecule has 0 aromatic rings. The van der Waals surface area contributed by atoms with Crippen molar-refractivity contribution in [1.29, 1.82) is 0 Å². The molecular formula is C15H20N2O4. The van der Waals surface area contributed by atoms with Crippen LogP contribution in [0.5, 0.6) is 0 Å². The highest BCUT2D eigenvalue weighted by Crippen LogP contribution is 2.08. The van der Waals surface area contributed by atoms with E-state index in [0.717, 1.165) is 6.42 Å². The Hall–Kier alpha value is -2.24. The smallest absolute Gasteiger partial charge is 0.253 e. The van der Waals surface area contributed by atoms with Crippen LogP contribution in [-0.2, 0) is 19.2 Å². The molecule has 1 atom stereocenters. The lowest BCUT2D eigenvalue weighted by Gasteiger charge is -2.14. The lowest BCUT2D eigenvalue weighted by molar-refractivity contribution is -0.137. The summed E-state index contributed by atoms with van der Waals surface area (Å²) in [6, 6.07) is -0.636. The normalized spacial score (nSPS) is 15.2. The third-order valence-electron chi connectivity index (χ3n) is 3.17. The first-order valence-corrected chi connectivity index (χ1v) is 6.89. The molecule has 21 heavy (non-hydrogen) atoms. The Kier molecular flexibility index (Phi) is 6.52. The summed E-state index contributed by atoms with van der Waals surface area (Å²) in [6.45, 7) is 5.67. The molecule has 0 bridgehead atoms. The molecule has 1 aliphatic rings. The van der Waals surface area contributed by atoms with Crippen LogP contribution in [0.4, 0.5) is 0 Å².